The third-order valence-electron chi connectivity index (χ3n) is 3.80. The van der Waals surface area contributed by atoms with Crippen LogP contribution in [-0.2, 0) is 27.5 Å². The molecule has 6 heteroatoms. The fraction of sp³-hybridized carbons (Fsp3) is 0.312. The number of benzene rings is 1. The largest absolute Gasteiger partial charge is 0.469 e. The molecule has 5 nitrogen and oxygen atoms in total. The van der Waals surface area contributed by atoms with Gasteiger partial charge in [0, 0.05) is 18.5 Å². The van der Waals surface area contributed by atoms with E-state index in [0.717, 1.165) is 24.1 Å². The van der Waals surface area contributed by atoms with E-state index >= 15 is 0 Å². The topological polar surface area (TPSA) is 67.6 Å². The van der Waals surface area contributed by atoms with Crippen molar-refractivity contribution in [3.05, 3.63) is 47.9 Å². The SMILES string of the molecule is CS(=O)(=O)c1ccc2c(c1)CCCN2C(=O)Cc1ccco1. The fourth-order valence-corrected chi connectivity index (χ4v) is 3.39. The molecule has 2 heterocycles. The first kappa shape index (κ1) is 14.8. The Hall–Kier alpha value is -2.08. The molecule has 0 bridgehead atoms. The Morgan fingerprint density at radius 3 is 2.82 bits per heavy atom. The molecule has 1 amide bonds. The number of nitrogens with zero attached hydrogens (tertiary/aromatic N) is 1. The summed E-state index contributed by atoms with van der Waals surface area (Å²) in [7, 11) is -3.23. The van der Waals surface area contributed by atoms with Crippen LogP contribution in [0.5, 0.6) is 0 Å². The van der Waals surface area contributed by atoms with E-state index in [1.807, 2.05) is 0 Å². The van der Waals surface area contributed by atoms with Crippen molar-refractivity contribution < 1.29 is 17.6 Å². The van der Waals surface area contributed by atoms with Crippen LogP contribution in [0, 0.1) is 0 Å². The first-order valence-electron chi connectivity index (χ1n) is 7.11. The molecule has 0 aliphatic carbocycles. The van der Waals surface area contributed by atoms with Crippen LogP contribution in [0.1, 0.15) is 17.7 Å². The second-order valence-corrected chi connectivity index (χ2v) is 7.48. The number of hydrogen-bond acceptors (Lipinski definition) is 4. The summed E-state index contributed by atoms with van der Waals surface area (Å²) in [6, 6.07) is 8.50. The summed E-state index contributed by atoms with van der Waals surface area (Å²) in [5.74, 6) is 0.591. The summed E-state index contributed by atoms with van der Waals surface area (Å²) in [5.41, 5.74) is 1.71. The van der Waals surface area contributed by atoms with Gasteiger partial charge >= 0.3 is 0 Å². The highest BCUT2D eigenvalue weighted by Gasteiger charge is 2.24. The van der Waals surface area contributed by atoms with Crippen LogP contribution in [0.2, 0.25) is 0 Å². The first-order valence-corrected chi connectivity index (χ1v) is 9.00. The van der Waals surface area contributed by atoms with Gasteiger partial charge in [-0.05, 0) is 48.7 Å². The van der Waals surface area contributed by atoms with Crippen LogP contribution in [0.15, 0.2) is 45.9 Å². The summed E-state index contributed by atoms with van der Waals surface area (Å²) in [6.07, 6.45) is 4.55. The van der Waals surface area contributed by atoms with Crippen molar-refractivity contribution in [3.8, 4) is 0 Å². The molecule has 0 spiro atoms. The van der Waals surface area contributed by atoms with Crippen molar-refractivity contribution in [1.29, 1.82) is 0 Å². The fourth-order valence-electron chi connectivity index (χ4n) is 2.72. The number of carbonyl (C=O) groups excluding carboxylic acids is 1. The van der Waals surface area contributed by atoms with Gasteiger partial charge in [0.05, 0.1) is 17.6 Å². The second kappa shape index (κ2) is 5.61. The Morgan fingerprint density at radius 2 is 2.14 bits per heavy atom. The molecule has 0 N–H and O–H groups in total. The number of aryl methyl sites for hydroxylation is 1. The molecule has 0 unspecified atom stereocenters. The smallest absolute Gasteiger partial charge is 0.234 e. The minimum Gasteiger partial charge on any atom is -0.469 e. The number of sulfone groups is 1. The highest BCUT2D eigenvalue weighted by molar-refractivity contribution is 7.90. The van der Waals surface area contributed by atoms with Crippen LogP contribution in [-0.4, -0.2) is 27.1 Å². The number of anilines is 1. The molecule has 116 valence electrons. The van der Waals surface area contributed by atoms with E-state index in [1.165, 1.54) is 6.26 Å². The lowest BCUT2D eigenvalue weighted by Gasteiger charge is -2.29. The second-order valence-electron chi connectivity index (χ2n) is 5.47. The van der Waals surface area contributed by atoms with Gasteiger partial charge in [0.1, 0.15) is 5.76 Å². The number of furan rings is 1. The lowest BCUT2D eigenvalue weighted by molar-refractivity contribution is -0.118. The van der Waals surface area contributed by atoms with E-state index in [2.05, 4.69) is 0 Å². The Balaban J connectivity index is 1.89. The van der Waals surface area contributed by atoms with Gasteiger partial charge in [-0.1, -0.05) is 0 Å². The molecule has 1 aromatic carbocycles. The maximum absolute atomic E-state index is 12.5. The maximum atomic E-state index is 12.5. The standard InChI is InChI=1S/C16H17NO4S/c1-22(19,20)14-6-7-15-12(10-14)4-2-8-17(15)16(18)11-13-5-3-9-21-13/h3,5-7,9-10H,2,4,8,11H2,1H3. The third kappa shape index (κ3) is 2.92. The molecule has 1 aliphatic heterocycles. The van der Waals surface area contributed by atoms with Crippen LogP contribution in [0.3, 0.4) is 0 Å². The quantitative estimate of drug-likeness (QED) is 0.870. The van der Waals surface area contributed by atoms with E-state index in [4.69, 9.17) is 4.42 Å². The van der Waals surface area contributed by atoms with Crippen LogP contribution in [0.4, 0.5) is 5.69 Å². The van der Waals surface area contributed by atoms with Crippen LogP contribution >= 0.6 is 0 Å². The Kier molecular flexibility index (Phi) is 3.78. The average Bonchev–Trinajstić information content (AvgIpc) is 2.98. The molecule has 22 heavy (non-hydrogen) atoms. The van der Waals surface area contributed by atoms with Gasteiger partial charge in [0.25, 0.3) is 0 Å². The molecule has 1 aliphatic rings. The first-order chi connectivity index (χ1) is 10.4. The zero-order valence-electron chi connectivity index (χ0n) is 12.3. The number of fused-ring (bicyclic) bond motifs is 1. The lowest BCUT2D eigenvalue weighted by Crippen LogP contribution is -2.36. The third-order valence-corrected chi connectivity index (χ3v) is 4.91. The zero-order chi connectivity index (χ0) is 15.7. The highest BCUT2D eigenvalue weighted by atomic mass is 32.2. The minimum atomic E-state index is -3.23. The van der Waals surface area contributed by atoms with Gasteiger partial charge in [-0.3, -0.25) is 4.79 Å². The molecule has 2 aromatic rings. The van der Waals surface area contributed by atoms with Crippen molar-refractivity contribution in [1.82, 2.24) is 0 Å². The van der Waals surface area contributed by atoms with E-state index in [-0.39, 0.29) is 12.3 Å². The summed E-state index contributed by atoms with van der Waals surface area (Å²) in [5, 5.41) is 0. The van der Waals surface area contributed by atoms with Crippen molar-refractivity contribution in [3.63, 3.8) is 0 Å². The Bertz CT molecular complexity index is 794. The molecule has 0 saturated carbocycles. The summed E-state index contributed by atoms with van der Waals surface area (Å²) < 4.78 is 28.5. The van der Waals surface area contributed by atoms with Gasteiger partial charge < -0.3 is 9.32 Å². The van der Waals surface area contributed by atoms with E-state index in [1.54, 1.807) is 41.5 Å². The molecule has 0 atom stereocenters. The molecular formula is C16H17NO4S. The molecule has 0 radical (unpaired) electrons. The summed E-state index contributed by atoms with van der Waals surface area (Å²) in [4.78, 5) is 14.5. The predicted octanol–water partition coefficient (Wildman–Crippen LogP) is 2.21. The minimum absolute atomic E-state index is 0.0389. The monoisotopic (exact) mass is 319 g/mol. The molecule has 0 fully saturated rings. The average molecular weight is 319 g/mol. The molecule has 0 saturated heterocycles. The van der Waals surface area contributed by atoms with E-state index < -0.39 is 9.84 Å². The van der Waals surface area contributed by atoms with Crippen LogP contribution < -0.4 is 4.90 Å². The van der Waals surface area contributed by atoms with Crippen molar-refractivity contribution in [2.24, 2.45) is 0 Å². The molecule has 3 rings (SSSR count). The van der Waals surface area contributed by atoms with E-state index in [9.17, 15) is 13.2 Å². The van der Waals surface area contributed by atoms with Crippen molar-refractivity contribution in [2.75, 3.05) is 17.7 Å². The van der Waals surface area contributed by atoms with Gasteiger partial charge in [0.15, 0.2) is 9.84 Å². The predicted molar refractivity (Wildman–Crippen MR) is 82.6 cm³/mol. The molecule has 1 aromatic heterocycles. The Morgan fingerprint density at radius 1 is 1.32 bits per heavy atom. The van der Waals surface area contributed by atoms with Gasteiger partial charge in [-0.25, -0.2) is 8.42 Å². The Labute approximate surface area is 129 Å². The zero-order valence-corrected chi connectivity index (χ0v) is 13.1. The van der Waals surface area contributed by atoms with E-state index in [0.29, 0.717) is 17.2 Å². The van der Waals surface area contributed by atoms with Gasteiger partial charge in [0.2, 0.25) is 5.91 Å². The van der Waals surface area contributed by atoms with Gasteiger partial charge in [-0.15, -0.1) is 0 Å². The number of amides is 1. The lowest BCUT2D eigenvalue weighted by atomic mass is 10.0. The number of rotatable bonds is 3. The normalized spacial score (nSPS) is 14.7. The van der Waals surface area contributed by atoms with Crippen molar-refractivity contribution in [2.45, 2.75) is 24.2 Å². The maximum Gasteiger partial charge on any atom is 0.234 e. The summed E-state index contributed by atoms with van der Waals surface area (Å²) >= 11 is 0. The van der Waals surface area contributed by atoms with Gasteiger partial charge in [-0.2, -0.15) is 0 Å². The van der Waals surface area contributed by atoms with Crippen molar-refractivity contribution >= 4 is 21.4 Å². The molecular weight excluding hydrogens is 302 g/mol. The number of carbonyl (C=O) groups is 1. The van der Waals surface area contributed by atoms with Crippen LogP contribution in [0.25, 0.3) is 0 Å². The summed E-state index contributed by atoms with van der Waals surface area (Å²) in [6.45, 7) is 0.644. The highest BCUT2D eigenvalue weighted by Crippen LogP contribution is 2.30. The number of hydrogen-bond donors (Lipinski definition) is 0.